The molecule has 0 radical (unpaired) electrons. The number of imidazole rings is 1. The lowest BCUT2D eigenvalue weighted by Gasteiger charge is -2.39. The molecule has 9 heteroatoms. The highest BCUT2D eigenvalue weighted by atomic mass is 16.6. The van der Waals surface area contributed by atoms with Crippen molar-refractivity contribution in [2.45, 2.75) is 39.0 Å². The van der Waals surface area contributed by atoms with Gasteiger partial charge >= 0.3 is 6.09 Å². The number of rotatable bonds is 6. The molecule has 1 aromatic carbocycles. The number of methoxy groups -OCH3 is 2. The Kier molecular flexibility index (Phi) is 6.19. The van der Waals surface area contributed by atoms with Gasteiger partial charge in [0.05, 0.1) is 32.8 Å². The number of likely N-dealkylation sites (tertiary alicyclic amines) is 1. The number of nitrogens with zero attached hydrogens (tertiary/aromatic N) is 3. The van der Waals surface area contributed by atoms with Gasteiger partial charge in [0.1, 0.15) is 22.8 Å². The van der Waals surface area contributed by atoms with E-state index < -0.39 is 5.60 Å². The van der Waals surface area contributed by atoms with Gasteiger partial charge in [-0.05, 0) is 38.5 Å². The van der Waals surface area contributed by atoms with Crippen LogP contribution in [0.15, 0.2) is 30.7 Å². The Morgan fingerprint density at radius 1 is 1.13 bits per heavy atom. The van der Waals surface area contributed by atoms with E-state index in [2.05, 4.69) is 10.3 Å². The number of benzene rings is 1. The summed E-state index contributed by atoms with van der Waals surface area (Å²) in [5.41, 5.74) is 0.811. The van der Waals surface area contributed by atoms with E-state index in [1.54, 1.807) is 36.1 Å². The average molecular weight is 416 g/mol. The molecule has 2 heterocycles. The first-order valence-corrected chi connectivity index (χ1v) is 9.69. The molecule has 0 spiro atoms. The lowest BCUT2D eigenvalue weighted by atomic mass is 10.1. The minimum atomic E-state index is -0.541. The Morgan fingerprint density at radius 2 is 1.77 bits per heavy atom. The van der Waals surface area contributed by atoms with Gasteiger partial charge in [-0.3, -0.25) is 4.79 Å². The van der Waals surface area contributed by atoms with Crippen molar-refractivity contribution in [2.24, 2.45) is 0 Å². The van der Waals surface area contributed by atoms with Gasteiger partial charge in [0.2, 0.25) is 0 Å². The molecule has 3 rings (SSSR count). The Bertz CT molecular complexity index is 890. The normalized spacial score (nSPS) is 14.1. The highest BCUT2D eigenvalue weighted by Crippen LogP contribution is 2.23. The molecule has 2 amide bonds. The van der Waals surface area contributed by atoms with Crippen LogP contribution in [-0.4, -0.2) is 65.4 Å². The fourth-order valence-corrected chi connectivity index (χ4v) is 3.09. The van der Waals surface area contributed by atoms with Crippen molar-refractivity contribution >= 4 is 12.0 Å². The number of hydrogen-bond donors (Lipinski definition) is 1. The molecule has 0 unspecified atom stereocenters. The molecular formula is C21H28N4O5. The third kappa shape index (κ3) is 5.22. The second-order valence-corrected chi connectivity index (χ2v) is 8.18. The van der Waals surface area contributed by atoms with Crippen LogP contribution in [0.5, 0.6) is 11.5 Å². The third-order valence-electron chi connectivity index (χ3n) is 4.58. The molecule has 1 aromatic heterocycles. The highest BCUT2D eigenvalue weighted by Gasteiger charge is 2.35. The van der Waals surface area contributed by atoms with Gasteiger partial charge in [-0.2, -0.15) is 0 Å². The molecule has 0 atom stereocenters. The smallest absolute Gasteiger partial charge is 0.410 e. The highest BCUT2D eigenvalue weighted by molar-refractivity contribution is 5.92. The van der Waals surface area contributed by atoms with Gasteiger partial charge in [0, 0.05) is 25.7 Å². The van der Waals surface area contributed by atoms with Gasteiger partial charge in [0.25, 0.3) is 5.91 Å². The predicted molar refractivity (Wildman–Crippen MR) is 110 cm³/mol. The number of hydrogen-bond acceptors (Lipinski definition) is 6. The van der Waals surface area contributed by atoms with E-state index in [1.807, 2.05) is 32.9 Å². The maximum absolute atomic E-state index is 12.7. The summed E-state index contributed by atoms with van der Waals surface area (Å²) >= 11 is 0. The van der Waals surface area contributed by atoms with Crippen molar-refractivity contribution < 1.29 is 23.8 Å². The van der Waals surface area contributed by atoms with Crippen LogP contribution < -0.4 is 14.8 Å². The van der Waals surface area contributed by atoms with E-state index in [9.17, 15) is 9.59 Å². The van der Waals surface area contributed by atoms with Gasteiger partial charge < -0.3 is 29.0 Å². The summed E-state index contributed by atoms with van der Waals surface area (Å²) in [5, 5.41) is 2.94. The van der Waals surface area contributed by atoms with Crippen molar-refractivity contribution in [3.8, 4) is 11.5 Å². The number of carbonyl (C=O) groups is 2. The standard InChI is InChI=1S/C21H28N4O5/c1-21(2,3)30-20(27)24-11-15(12-24)23-19(26)18-9-22-13-25(18)10-14-6-16(28-4)8-17(7-14)29-5/h6-9,13,15H,10-12H2,1-5H3,(H,23,26). The van der Waals surface area contributed by atoms with Crippen LogP contribution >= 0.6 is 0 Å². The molecule has 0 aliphatic carbocycles. The summed E-state index contributed by atoms with van der Waals surface area (Å²) in [6.07, 6.45) is 2.76. The molecule has 1 saturated heterocycles. The zero-order valence-corrected chi connectivity index (χ0v) is 18.0. The molecule has 0 saturated carbocycles. The maximum Gasteiger partial charge on any atom is 0.410 e. The summed E-state index contributed by atoms with van der Waals surface area (Å²) in [7, 11) is 3.18. The average Bonchev–Trinajstić information content (AvgIpc) is 3.10. The summed E-state index contributed by atoms with van der Waals surface area (Å²) in [6.45, 7) is 6.74. The van der Waals surface area contributed by atoms with Gasteiger partial charge in [-0.1, -0.05) is 0 Å². The Labute approximate surface area is 175 Å². The van der Waals surface area contributed by atoms with E-state index in [0.717, 1.165) is 5.56 Å². The van der Waals surface area contributed by atoms with Crippen LogP contribution in [-0.2, 0) is 11.3 Å². The number of aromatic nitrogens is 2. The van der Waals surface area contributed by atoms with Crippen molar-refractivity contribution in [3.05, 3.63) is 42.0 Å². The van der Waals surface area contributed by atoms with Crippen molar-refractivity contribution in [1.29, 1.82) is 0 Å². The fraction of sp³-hybridized carbons (Fsp3) is 0.476. The number of ether oxygens (including phenoxy) is 3. The third-order valence-corrected chi connectivity index (χ3v) is 4.58. The van der Waals surface area contributed by atoms with E-state index in [0.29, 0.717) is 36.8 Å². The molecule has 1 aliphatic rings. The molecule has 162 valence electrons. The predicted octanol–water partition coefficient (Wildman–Crippen LogP) is 2.30. The quantitative estimate of drug-likeness (QED) is 0.777. The SMILES string of the molecule is COc1cc(Cn2cncc2C(=O)NC2CN(C(=O)OC(C)(C)C)C2)cc(OC)c1. The van der Waals surface area contributed by atoms with Crippen LogP contribution in [0, 0.1) is 0 Å². The molecular weight excluding hydrogens is 388 g/mol. The van der Waals surface area contributed by atoms with E-state index in [1.165, 1.54) is 6.20 Å². The first kappa shape index (κ1) is 21.5. The van der Waals surface area contributed by atoms with Crippen LogP contribution in [0.4, 0.5) is 4.79 Å². The molecule has 1 N–H and O–H groups in total. The van der Waals surface area contributed by atoms with Crippen molar-refractivity contribution in [1.82, 2.24) is 19.8 Å². The van der Waals surface area contributed by atoms with Gasteiger partial charge in [0.15, 0.2) is 0 Å². The summed E-state index contributed by atoms with van der Waals surface area (Å²) < 4.78 is 17.7. The zero-order chi connectivity index (χ0) is 21.9. The van der Waals surface area contributed by atoms with Crippen LogP contribution in [0.1, 0.15) is 36.8 Å². The van der Waals surface area contributed by atoms with Crippen molar-refractivity contribution in [2.75, 3.05) is 27.3 Å². The molecule has 0 bridgehead atoms. The topological polar surface area (TPSA) is 94.9 Å². The zero-order valence-electron chi connectivity index (χ0n) is 18.0. The molecule has 2 aromatic rings. The van der Waals surface area contributed by atoms with Crippen molar-refractivity contribution in [3.63, 3.8) is 0 Å². The minimum Gasteiger partial charge on any atom is -0.497 e. The Hall–Kier alpha value is -3.23. The van der Waals surface area contributed by atoms with Crippen LogP contribution in [0.25, 0.3) is 0 Å². The summed E-state index contributed by atoms with van der Waals surface area (Å²) in [4.78, 5) is 30.4. The van der Waals surface area contributed by atoms with E-state index >= 15 is 0 Å². The van der Waals surface area contributed by atoms with Gasteiger partial charge in [-0.15, -0.1) is 0 Å². The lowest BCUT2D eigenvalue weighted by molar-refractivity contribution is 0.00529. The monoisotopic (exact) mass is 416 g/mol. The molecule has 9 nitrogen and oxygen atoms in total. The molecule has 30 heavy (non-hydrogen) atoms. The van der Waals surface area contributed by atoms with Gasteiger partial charge in [-0.25, -0.2) is 9.78 Å². The number of carbonyl (C=O) groups excluding carboxylic acids is 2. The largest absolute Gasteiger partial charge is 0.497 e. The lowest BCUT2D eigenvalue weighted by Crippen LogP contribution is -2.61. The summed E-state index contributed by atoms with van der Waals surface area (Å²) in [6, 6.07) is 5.44. The maximum atomic E-state index is 12.7. The Balaban J connectivity index is 1.60. The van der Waals surface area contributed by atoms with E-state index in [-0.39, 0.29) is 18.0 Å². The molecule has 1 aliphatic heterocycles. The van der Waals surface area contributed by atoms with Crippen LogP contribution in [0.3, 0.4) is 0 Å². The van der Waals surface area contributed by atoms with Crippen LogP contribution in [0.2, 0.25) is 0 Å². The number of amides is 2. The first-order chi connectivity index (χ1) is 14.2. The fourth-order valence-electron chi connectivity index (χ4n) is 3.09. The minimum absolute atomic E-state index is 0.120. The summed E-state index contributed by atoms with van der Waals surface area (Å²) in [5.74, 6) is 1.11. The molecule has 1 fully saturated rings. The second kappa shape index (κ2) is 8.64. The second-order valence-electron chi connectivity index (χ2n) is 8.18. The first-order valence-electron chi connectivity index (χ1n) is 9.69. The number of nitrogens with one attached hydrogen (secondary N) is 1. The Morgan fingerprint density at radius 3 is 2.33 bits per heavy atom. The van der Waals surface area contributed by atoms with E-state index in [4.69, 9.17) is 14.2 Å².